The molecule has 5 heteroatoms. The number of ether oxygens (including phenoxy) is 2. The van der Waals surface area contributed by atoms with Crippen LogP contribution in [0.5, 0.6) is 5.75 Å². The quantitative estimate of drug-likeness (QED) is 0.869. The lowest BCUT2D eigenvalue weighted by atomic mass is 9.84. The van der Waals surface area contributed by atoms with Crippen molar-refractivity contribution in [2.45, 2.75) is 25.9 Å². The third-order valence-electron chi connectivity index (χ3n) is 3.99. The van der Waals surface area contributed by atoms with Crippen molar-refractivity contribution in [3.63, 3.8) is 0 Å². The summed E-state index contributed by atoms with van der Waals surface area (Å²) in [5.41, 5.74) is 6.25. The molecular formula is C15H22N2O3. The van der Waals surface area contributed by atoms with E-state index in [2.05, 4.69) is 5.32 Å². The van der Waals surface area contributed by atoms with Crippen LogP contribution in [0.2, 0.25) is 0 Å². The van der Waals surface area contributed by atoms with E-state index in [1.165, 1.54) is 0 Å². The SMILES string of the molecule is COc1ccccc1[C@@H](C)NC(=O)C1(C)COCC1N. The molecule has 1 heterocycles. The van der Waals surface area contributed by atoms with Crippen molar-refractivity contribution >= 4 is 5.91 Å². The summed E-state index contributed by atoms with van der Waals surface area (Å²) in [7, 11) is 1.62. The molecule has 1 aliphatic rings. The maximum atomic E-state index is 12.4. The molecule has 20 heavy (non-hydrogen) atoms. The maximum Gasteiger partial charge on any atom is 0.230 e. The molecule has 1 aromatic carbocycles. The van der Waals surface area contributed by atoms with E-state index in [1.54, 1.807) is 7.11 Å². The van der Waals surface area contributed by atoms with Crippen molar-refractivity contribution < 1.29 is 14.3 Å². The molecule has 2 rings (SSSR count). The minimum absolute atomic E-state index is 0.0825. The van der Waals surface area contributed by atoms with Crippen LogP contribution in [-0.4, -0.2) is 32.3 Å². The van der Waals surface area contributed by atoms with Gasteiger partial charge in [0, 0.05) is 11.6 Å². The molecule has 0 saturated carbocycles. The van der Waals surface area contributed by atoms with Crippen LogP contribution < -0.4 is 15.8 Å². The van der Waals surface area contributed by atoms with Crippen LogP contribution in [0.3, 0.4) is 0 Å². The van der Waals surface area contributed by atoms with E-state index in [0.717, 1.165) is 11.3 Å². The maximum absolute atomic E-state index is 12.4. The average Bonchev–Trinajstić information content (AvgIpc) is 2.79. The van der Waals surface area contributed by atoms with Gasteiger partial charge in [-0.05, 0) is 19.9 Å². The Morgan fingerprint density at radius 1 is 1.55 bits per heavy atom. The summed E-state index contributed by atoms with van der Waals surface area (Å²) in [5.74, 6) is 0.679. The highest BCUT2D eigenvalue weighted by Crippen LogP contribution is 2.30. The number of carbonyl (C=O) groups is 1. The molecule has 1 aromatic rings. The molecule has 5 nitrogen and oxygen atoms in total. The van der Waals surface area contributed by atoms with E-state index < -0.39 is 5.41 Å². The number of carbonyl (C=O) groups excluding carboxylic acids is 1. The summed E-state index contributed by atoms with van der Waals surface area (Å²) >= 11 is 0. The van der Waals surface area contributed by atoms with Gasteiger partial charge < -0.3 is 20.5 Å². The van der Waals surface area contributed by atoms with Gasteiger partial charge >= 0.3 is 0 Å². The Morgan fingerprint density at radius 3 is 2.85 bits per heavy atom. The molecule has 1 aliphatic heterocycles. The standard InChI is InChI=1S/C15H22N2O3/c1-10(11-6-4-5-7-12(11)19-3)17-14(18)15(2)9-20-8-13(15)16/h4-7,10,13H,8-9,16H2,1-3H3,(H,17,18)/t10-,13?,15?/m1/s1. The molecular weight excluding hydrogens is 256 g/mol. The Kier molecular flexibility index (Phi) is 4.30. The number of rotatable bonds is 4. The van der Waals surface area contributed by atoms with Crippen LogP contribution in [0.25, 0.3) is 0 Å². The zero-order valence-corrected chi connectivity index (χ0v) is 12.2. The topological polar surface area (TPSA) is 73.6 Å². The number of hydrogen-bond donors (Lipinski definition) is 2. The average molecular weight is 278 g/mol. The van der Waals surface area contributed by atoms with Crippen LogP contribution in [-0.2, 0) is 9.53 Å². The van der Waals surface area contributed by atoms with Crippen LogP contribution in [0.1, 0.15) is 25.5 Å². The van der Waals surface area contributed by atoms with Crippen molar-refractivity contribution in [1.29, 1.82) is 0 Å². The highest BCUT2D eigenvalue weighted by atomic mass is 16.5. The summed E-state index contributed by atoms with van der Waals surface area (Å²) in [5, 5.41) is 3.00. The van der Waals surface area contributed by atoms with Gasteiger partial charge in [0.05, 0.1) is 31.8 Å². The van der Waals surface area contributed by atoms with Crippen LogP contribution in [0.15, 0.2) is 24.3 Å². The summed E-state index contributed by atoms with van der Waals surface area (Å²) < 4.78 is 10.6. The fourth-order valence-electron chi connectivity index (χ4n) is 2.39. The highest BCUT2D eigenvalue weighted by Gasteiger charge is 2.44. The fraction of sp³-hybridized carbons (Fsp3) is 0.533. The van der Waals surface area contributed by atoms with Gasteiger partial charge in [-0.3, -0.25) is 4.79 Å². The summed E-state index contributed by atoms with van der Waals surface area (Å²) in [4.78, 5) is 12.4. The smallest absolute Gasteiger partial charge is 0.230 e. The molecule has 0 spiro atoms. The Balaban J connectivity index is 2.11. The second-order valence-corrected chi connectivity index (χ2v) is 5.48. The number of nitrogens with two attached hydrogens (primary N) is 1. The fourth-order valence-corrected chi connectivity index (χ4v) is 2.39. The molecule has 0 aliphatic carbocycles. The minimum Gasteiger partial charge on any atom is -0.496 e. The number of nitrogens with one attached hydrogen (secondary N) is 1. The van der Waals surface area contributed by atoms with Gasteiger partial charge in [-0.15, -0.1) is 0 Å². The third-order valence-corrected chi connectivity index (χ3v) is 3.99. The zero-order valence-electron chi connectivity index (χ0n) is 12.2. The minimum atomic E-state index is -0.670. The zero-order chi connectivity index (χ0) is 14.8. The molecule has 1 fully saturated rings. The number of para-hydroxylation sites is 1. The van der Waals surface area contributed by atoms with Crippen LogP contribution in [0.4, 0.5) is 0 Å². The van der Waals surface area contributed by atoms with E-state index in [9.17, 15) is 4.79 Å². The van der Waals surface area contributed by atoms with Crippen LogP contribution in [0, 0.1) is 5.41 Å². The molecule has 110 valence electrons. The normalized spacial score (nSPS) is 27.1. The number of benzene rings is 1. The first kappa shape index (κ1) is 14.8. The van der Waals surface area contributed by atoms with Gasteiger partial charge in [0.25, 0.3) is 0 Å². The van der Waals surface area contributed by atoms with Gasteiger partial charge in [0.2, 0.25) is 5.91 Å². The first-order valence-electron chi connectivity index (χ1n) is 6.76. The van der Waals surface area contributed by atoms with Crippen molar-refractivity contribution in [3.8, 4) is 5.75 Å². The lowest BCUT2D eigenvalue weighted by Gasteiger charge is -2.28. The Morgan fingerprint density at radius 2 is 2.25 bits per heavy atom. The Bertz CT molecular complexity index is 492. The van der Waals surface area contributed by atoms with E-state index >= 15 is 0 Å². The van der Waals surface area contributed by atoms with Gasteiger partial charge in [-0.2, -0.15) is 0 Å². The van der Waals surface area contributed by atoms with Crippen molar-refractivity contribution in [3.05, 3.63) is 29.8 Å². The molecule has 3 N–H and O–H groups in total. The largest absolute Gasteiger partial charge is 0.496 e. The molecule has 0 bridgehead atoms. The summed E-state index contributed by atoms with van der Waals surface area (Å²) in [6.07, 6.45) is 0. The monoisotopic (exact) mass is 278 g/mol. The first-order valence-corrected chi connectivity index (χ1v) is 6.76. The van der Waals surface area contributed by atoms with E-state index in [4.69, 9.17) is 15.2 Å². The van der Waals surface area contributed by atoms with Crippen molar-refractivity contribution in [1.82, 2.24) is 5.32 Å². The van der Waals surface area contributed by atoms with Gasteiger partial charge in [0.15, 0.2) is 0 Å². The first-order chi connectivity index (χ1) is 9.49. The molecule has 2 unspecified atom stereocenters. The second-order valence-electron chi connectivity index (χ2n) is 5.48. The van der Waals surface area contributed by atoms with E-state index in [0.29, 0.717) is 13.2 Å². The lowest BCUT2D eigenvalue weighted by molar-refractivity contribution is -0.131. The lowest BCUT2D eigenvalue weighted by Crippen LogP contribution is -2.50. The molecule has 0 radical (unpaired) electrons. The van der Waals surface area contributed by atoms with E-state index in [-0.39, 0.29) is 18.0 Å². The highest BCUT2D eigenvalue weighted by molar-refractivity contribution is 5.84. The summed E-state index contributed by atoms with van der Waals surface area (Å²) in [6, 6.07) is 7.22. The van der Waals surface area contributed by atoms with Gasteiger partial charge in [-0.25, -0.2) is 0 Å². The third kappa shape index (κ3) is 2.64. The molecule has 0 aromatic heterocycles. The van der Waals surface area contributed by atoms with Gasteiger partial charge in [-0.1, -0.05) is 18.2 Å². The molecule has 1 saturated heterocycles. The second kappa shape index (κ2) is 5.81. The predicted octanol–water partition coefficient (Wildman–Crippen LogP) is 1.24. The molecule has 3 atom stereocenters. The van der Waals surface area contributed by atoms with E-state index in [1.807, 2.05) is 38.1 Å². The van der Waals surface area contributed by atoms with Crippen LogP contribution >= 0.6 is 0 Å². The number of methoxy groups -OCH3 is 1. The number of hydrogen-bond acceptors (Lipinski definition) is 4. The van der Waals surface area contributed by atoms with Crippen molar-refractivity contribution in [2.75, 3.05) is 20.3 Å². The Hall–Kier alpha value is -1.59. The van der Waals surface area contributed by atoms with Gasteiger partial charge in [0.1, 0.15) is 5.75 Å². The predicted molar refractivity (Wildman–Crippen MR) is 76.5 cm³/mol. The molecule has 1 amide bonds. The number of amides is 1. The van der Waals surface area contributed by atoms with Crippen molar-refractivity contribution in [2.24, 2.45) is 11.1 Å². The Labute approximate surface area is 119 Å². The summed E-state index contributed by atoms with van der Waals surface area (Å²) in [6.45, 7) is 4.56.